The van der Waals surface area contributed by atoms with Crippen molar-refractivity contribution >= 4 is 22.8 Å². The summed E-state index contributed by atoms with van der Waals surface area (Å²) < 4.78 is 30.0. The van der Waals surface area contributed by atoms with Gasteiger partial charge in [0.25, 0.3) is 5.91 Å². The lowest BCUT2D eigenvalue weighted by Crippen LogP contribution is -2.41. The van der Waals surface area contributed by atoms with Crippen LogP contribution in [-0.2, 0) is 9.53 Å². The van der Waals surface area contributed by atoms with Crippen molar-refractivity contribution in [2.24, 2.45) is 0 Å². The summed E-state index contributed by atoms with van der Waals surface area (Å²) in [5.41, 5.74) is -0.102. The number of ether oxygens (including phenoxy) is 2. The maximum absolute atomic E-state index is 13.9. The zero-order valence-corrected chi connectivity index (χ0v) is 16.0. The van der Waals surface area contributed by atoms with Gasteiger partial charge in [-0.15, -0.1) is 0 Å². The van der Waals surface area contributed by atoms with E-state index >= 15 is 0 Å². The van der Waals surface area contributed by atoms with E-state index < -0.39 is 29.8 Å². The fourth-order valence-electron chi connectivity index (χ4n) is 3.54. The molecule has 2 heterocycles. The number of rotatable bonds is 4. The van der Waals surface area contributed by atoms with Crippen molar-refractivity contribution in [3.05, 3.63) is 76.4 Å². The van der Waals surface area contributed by atoms with Crippen LogP contribution in [0.2, 0.25) is 0 Å². The Morgan fingerprint density at radius 3 is 2.63 bits per heavy atom. The van der Waals surface area contributed by atoms with Gasteiger partial charge >= 0.3 is 5.97 Å². The van der Waals surface area contributed by atoms with Gasteiger partial charge < -0.3 is 18.8 Å². The fourth-order valence-corrected chi connectivity index (χ4v) is 3.54. The lowest BCUT2D eigenvalue weighted by atomic mass is 10.2. The zero-order chi connectivity index (χ0) is 21.3. The minimum Gasteiger partial charge on any atom is -0.485 e. The number of carbonyl (C=O) groups is 2. The molecule has 0 saturated carbocycles. The molecule has 0 radical (unpaired) electrons. The van der Waals surface area contributed by atoms with Crippen LogP contribution >= 0.6 is 0 Å². The third-order valence-corrected chi connectivity index (χ3v) is 4.97. The molecule has 4 rings (SSSR count). The Kier molecular flexibility index (Phi) is 5.22. The number of carbonyl (C=O) groups excluding carboxylic acids is 2. The van der Waals surface area contributed by atoms with Crippen molar-refractivity contribution < 1.29 is 27.9 Å². The maximum Gasteiger partial charge on any atom is 0.328 e. The molecule has 154 valence electrons. The number of halogens is 1. The number of hydrogen-bond acceptors (Lipinski definition) is 6. The van der Waals surface area contributed by atoms with Gasteiger partial charge in [-0.1, -0.05) is 24.3 Å². The number of methoxy groups -OCH3 is 1. The van der Waals surface area contributed by atoms with Crippen LogP contribution in [0.3, 0.4) is 0 Å². The largest absolute Gasteiger partial charge is 0.485 e. The molecule has 1 fully saturated rings. The molecule has 0 unspecified atom stereocenters. The van der Waals surface area contributed by atoms with Crippen molar-refractivity contribution in [2.75, 3.05) is 13.7 Å². The summed E-state index contributed by atoms with van der Waals surface area (Å²) >= 11 is 0. The van der Waals surface area contributed by atoms with Gasteiger partial charge in [-0.25, -0.2) is 9.18 Å². The Morgan fingerprint density at radius 2 is 1.87 bits per heavy atom. The molecular formula is C22H18FNO6. The number of benzene rings is 2. The highest BCUT2D eigenvalue weighted by atomic mass is 19.1. The summed E-state index contributed by atoms with van der Waals surface area (Å²) in [7, 11) is 1.21. The van der Waals surface area contributed by atoms with E-state index in [9.17, 15) is 18.8 Å². The number of amides is 1. The first-order valence-electron chi connectivity index (χ1n) is 9.31. The molecule has 0 aliphatic carbocycles. The molecule has 1 saturated heterocycles. The smallest absolute Gasteiger partial charge is 0.328 e. The summed E-state index contributed by atoms with van der Waals surface area (Å²) in [5, 5.41) is 0.348. The van der Waals surface area contributed by atoms with Crippen molar-refractivity contribution in [1.82, 2.24) is 4.90 Å². The van der Waals surface area contributed by atoms with E-state index in [0.29, 0.717) is 5.39 Å². The van der Waals surface area contributed by atoms with E-state index in [1.54, 1.807) is 30.3 Å². The minimum atomic E-state index is -0.948. The van der Waals surface area contributed by atoms with Gasteiger partial charge in [0.05, 0.1) is 19.0 Å². The van der Waals surface area contributed by atoms with Crippen molar-refractivity contribution in [3.63, 3.8) is 0 Å². The minimum absolute atomic E-state index is 0.00344. The Hall–Kier alpha value is -3.68. The van der Waals surface area contributed by atoms with Crippen molar-refractivity contribution in [3.8, 4) is 5.75 Å². The van der Waals surface area contributed by atoms with Crippen LogP contribution in [0.4, 0.5) is 4.39 Å². The third kappa shape index (κ3) is 3.63. The number of fused-ring (bicyclic) bond motifs is 1. The van der Waals surface area contributed by atoms with Crippen LogP contribution in [0.25, 0.3) is 11.0 Å². The van der Waals surface area contributed by atoms with Crippen molar-refractivity contribution in [1.29, 1.82) is 0 Å². The van der Waals surface area contributed by atoms with Crippen LogP contribution in [-0.4, -0.2) is 42.6 Å². The normalized spacial score (nSPS) is 18.4. The second-order valence-corrected chi connectivity index (χ2v) is 6.87. The van der Waals surface area contributed by atoms with Gasteiger partial charge in [0.2, 0.25) is 0 Å². The van der Waals surface area contributed by atoms with Crippen molar-refractivity contribution in [2.45, 2.75) is 18.6 Å². The molecule has 0 spiro atoms. The van der Waals surface area contributed by atoms with Gasteiger partial charge in [0.15, 0.2) is 22.8 Å². The van der Waals surface area contributed by atoms with E-state index in [0.717, 1.165) is 6.07 Å². The SMILES string of the molecule is COC(=O)[C@@H]1C[C@H](Oc2ccccc2F)CN1C(=O)c1cc(=O)c2ccccc2o1. The second kappa shape index (κ2) is 7.98. The van der Waals surface area contributed by atoms with Crippen LogP contribution in [0.5, 0.6) is 5.75 Å². The number of likely N-dealkylation sites (tertiary alicyclic amines) is 1. The lowest BCUT2D eigenvalue weighted by Gasteiger charge is -2.21. The average molecular weight is 411 g/mol. The molecule has 0 bridgehead atoms. The van der Waals surface area contributed by atoms with Gasteiger partial charge in [0.1, 0.15) is 17.7 Å². The molecule has 2 aromatic carbocycles. The molecule has 30 heavy (non-hydrogen) atoms. The molecule has 8 heteroatoms. The zero-order valence-electron chi connectivity index (χ0n) is 16.0. The Morgan fingerprint density at radius 1 is 1.13 bits per heavy atom. The monoisotopic (exact) mass is 411 g/mol. The summed E-state index contributed by atoms with van der Waals surface area (Å²) in [6.07, 6.45) is -0.521. The number of esters is 1. The van der Waals surface area contributed by atoms with Crippen LogP contribution in [0.1, 0.15) is 17.0 Å². The topological polar surface area (TPSA) is 86.0 Å². The average Bonchev–Trinajstić information content (AvgIpc) is 3.18. The molecule has 7 nitrogen and oxygen atoms in total. The quantitative estimate of drug-likeness (QED) is 0.614. The van der Waals surface area contributed by atoms with Gasteiger partial charge in [-0.3, -0.25) is 9.59 Å². The summed E-state index contributed by atoms with van der Waals surface area (Å²) in [6.45, 7) is 0.00344. The maximum atomic E-state index is 13.9. The second-order valence-electron chi connectivity index (χ2n) is 6.87. The molecule has 1 aromatic heterocycles. The van der Waals surface area contributed by atoms with Crippen LogP contribution < -0.4 is 10.2 Å². The molecule has 1 aliphatic heterocycles. The lowest BCUT2D eigenvalue weighted by molar-refractivity contribution is -0.145. The summed E-state index contributed by atoms with van der Waals surface area (Å²) in [5.74, 6) is -1.99. The Labute approximate surface area is 170 Å². The molecule has 2 atom stereocenters. The molecule has 1 amide bonds. The first-order chi connectivity index (χ1) is 14.5. The first kappa shape index (κ1) is 19.6. The predicted octanol–water partition coefficient (Wildman–Crippen LogP) is 2.77. The highest BCUT2D eigenvalue weighted by molar-refractivity contribution is 5.96. The highest BCUT2D eigenvalue weighted by Gasteiger charge is 2.42. The van der Waals surface area contributed by atoms with Gasteiger partial charge in [0, 0.05) is 12.5 Å². The number of hydrogen-bond donors (Lipinski definition) is 0. The molecule has 3 aromatic rings. The summed E-state index contributed by atoms with van der Waals surface area (Å²) in [6, 6.07) is 12.6. The van der Waals surface area contributed by atoms with E-state index in [4.69, 9.17) is 13.9 Å². The Balaban J connectivity index is 1.63. The Bertz CT molecular complexity index is 1170. The first-order valence-corrected chi connectivity index (χ1v) is 9.31. The highest BCUT2D eigenvalue weighted by Crippen LogP contribution is 2.27. The van der Waals surface area contributed by atoms with Crippen LogP contribution in [0.15, 0.2) is 63.8 Å². The fraction of sp³-hybridized carbons (Fsp3) is 0.227. The molecule has 1 aliphatic rings. The van der Waals surface area contributed by atoms with Gasteiger partial charge in [-0.05, 0) is 24.3 Å². The van der Waals surface area contributed by atoms with Gasteiger partial charge in [-0.2, -0.15) is 0 Å². The van der Waals surface area contributed by atoms with E-state index in [-0.39, 0.29) is 35.5 Å². The van der Waals surface area contributed by atoms with E-state index in [1.165, 1.54) is 30.2 Å². The molecular weight excluding hydrogens is 393 g/mol. The van der Waals surface area contributed by atoms with E-state index in [1.807, 2.05) is 0 Å². The number of nitrogens with zero attached hydrogens (tertiary/aromatic N) is 1. The standard InChI is InChI=1S/C22H18FNO6/c1-28-22(27)16-10-13(29-19-9-5-3-7-15(19)23)12-24(16)21(26)20-11-17(25)14-6-2-4-8-18(14)30-20/h2-9,11,13,16H,10,12H2,1H3/t13-,16-/m0/s1. The van der Waals surface area contributed by atoms with Crippen LogP contribution in [0, 0.1) is 5.82 Å². The molecule has 0 N–H and O–H groups in total. The third-order valence-electron chi connectivity index (χ3n) is 4.97. The predicted molar refractivity (Wildman–Crippen MR) is 105 cm³/mol. The number of para-hydroxylation sites is 2. The van der Waals surface area contributed by atoms with E-state index in [2.05, 4.69) is 0 Å². The summed E-state index contributed by atoms with van der Waals surface area (Å²) in [4.78, 5) is 38.9.